The van der Waals surface area contributed by atoms with E-state index in [0.717, 1.165) is 6.07 Å². The molecule has 0 saturated carbocycles. The monoisotopic (exact) mass is 259 g/mol. The smallest absolute Gasteiger partial charge is 0.128 e. The maximum absolute atomic E-state index is 13.3. The molecule has 2 aromatic rings. The van der Waals surface area contributed by atoms with Crippen LogP contribution < -0.4 is 11.1 Å². The van der Waals surface area contributed by atoms with Gasteiger partial charge in [-0.2, -0.15) is 5.26 Å². The van der Waals surface area contributed by atoms with Gasteiger partial charge in [-0.15, -0.1) is 0 Å². The van der Waals surface area contributed by atoms with E-state index in [0.29, 0.717) is 16.9 Å². The Morgan fingerprint density at radius 2 is 1.89 bits per heavy atom. The third kappa shape index (κ3) is 2.63. The summed E-state index contributed by atoms with van der Waals surface area (Å²) in [5.41, 5.74) is 7.39. The molecule has 0 radical (unpaired) electrons. The molecule has 19 heavy (non-hydrogen) atoms. The summed E-state index contributed by atoms with van der Waals surface area (Å²) >= 11 is 0. The number of aryl methyl sites for hydroxylation is 1. The lowest BCUT2D eigenvalue weighted by Gasteiger charge is -2.12. The Morgan fingerprint density at radius 1 is 1.16 bits per heavy atom. The van der Waals surface area contributed by atoms with Gasteiger partial charge in [-0.1, -0.05) is 0 Å². The van der Waals surface area contributed by atoms with Crippen molar-refractivity contribution in [1.29, 1.82) is 5.26 Å². The molecule has 0 saturated heterocycles. The van der Waals surface area contributed by atoms with Crippen molar-refractivity contribution in [1.82, 2.24) is 0 Å². The maximum Gasteiger partial charge on any atom is 0.128 e. The fraction of sp³-hybridized carbons (Fsp3) is 0.0714. The highest BCUT2D eigenvalue weighted by Crippen LogP contribution is 2.28. The molecular formula is C14H11F2N3. The van der Waals surface area contributed by atoms with Crippen molar-refractivity contribution in [2.45, 2.75) is 6.92 Å². The molecule has 3 N–H and O–H groups in total. The molecule has 0 spiro atoms. The van der Waals surface area contributed by atoms with E-state index in [-0.39, 0.29) is 11.3 Å². The van der Waals surface area contributed by atoms with Gasteiger partial charge in [-0.25, -0.2) is 8.78 Å². The van der Waals surface area contributed by atoms with Gasteiger partial charge in [0.15, 0.2) is 0 Å². The van der Waals surface area contributed by atoms with Crippen LogP contribution in [-0.4, -0.2) is 0 Å². The van der Waals surface area contributed by atoms with Crippen LogP contribution in [0.5, 0.6) is 0 Å². The number of nitrogens with one attached hydrogen (secondary N) is 1. The van der Waals surface area contributed by atoms with Crippen LogP contribution in [-0.2, 0) is 0 Å². The van der Waals surface area contributed by atoms with Gasteiger partial charge in [0.25, 0.3) is 0 Å². The van der Waals surface area contributed by atoms with Gasteiger partial charge >= 0.3 is 0 Å². The van der Waals surface area contributed by atoms with Gasteiger partial charge in [-0.3, -0.25) is 0 Å². The van der Waals surface area contributed by atoms with E-state index >= 15 is 0 Å². The van der Waals surface area contributed by atoms with E-state index in [2.05, 4.69) is 5.32 Å². The van der Waals surface area contributed by atoms with Crippen LogP contribution in [0.3, 0.4) is 0 Å². The van der Waals surface area contributed by atoms with Crippen molar-refractivity contribution in [2.75, 3.05) is 11.1 Å². The van der Waals surface area contributed by atoms with E-state index in [1.165, 1.54) is 24.3 Å². The van der Waals surface area contributed by atoms with Crippen molar-refractivity contribution >= 4 is 17.1 Å². The standard InChI is InChI=1S/C14H11F2N3/c1-8-4-14(12(18)6-11(8)16)19-13-3-2-10(15)5-9(13)7-17/h2-6,19H,18H2,1H3. The summed E-state index contributed by atoms with van der Waals surface area (Å²) in [4.78, 5) is 0. The predicted molar refractivity (Wildman–Crippen MR) is 69.9 cm³/mol. The molecule has 96 valence electrons. The highest BCUT2D eigenvalue weighted by molar-refractivity contribution is 5.75. The van der Waals surface area contributed by atoms with Crippen LogP contribution in [0.4, 0.5) is 25.8 Å². The quantitative estimate of drug-likeness (QED) is 0.812. The molecule has 2 aromatic carbocycles. The summed E-state index contributed by atoms with van der Waals surface area (Å²) in [7, 11) is 0. The Kier molecular flexibility index (Phi) is 3.34. The maximum atomic E-state index is 13.3. The number of anilines is 3. The second-order valence-corrected chi connectivity index (χ2v) is 4.12. The highest BCUT2D eigenvalue weighted by atomic mass is 19.1. The predicted octanol–water partition coefficient (Wildman–Crippen LogP) is 3.47. The molecule has 0 heterocycles. The minimum absolute atomic E-state index is 0.154. The normalized spacial score (nSPS) is 10.0. The third-order valence-corrected chi connectivity index (χ3v) is 2.70. The van der Waals surface area contributed by atoms with Crippen molar-refractivity contribution in [2.24, 2.45) is 0 Å². The molecule has 0 aliphatic rings. The molecule has 5 heteroatoms. The second kappa shape index (κ2) is 4.94. The van der Waals surface area contributed by atoms with E-state index in [4.69, 9.17) is 11.0 Å². The van der Waals surface area contributed by atoms with E-state index in [9.17, 15) is 8.78 Å². The van der Waals surface area contributed by atoms with Crippen LogP contribution in [0.2, 0.25) is 0 Å². The zero-order valence-corrected chi connectivity index (χ0v) is 10.2. The van der Waals surface area contributed by atoms with Crippen molar-refractivity contribution < 1.29 is 8.78 Å². The van der Waals surface area contributed by atoms with Crippen LogP contribution in [0.25, 0.3) is 0 Å². The molecule has 2 rings (SSSR count). The first-order valence-corrected chi connectivity index (χ1v) is 5.53. The minimum atomic E-state index is -0.495. The molecule has 0 atom stereocenters. The lowest BCUT2D eigenvalue weighted by molar-refractivity contribution is 0.619. The van der Waals surface area contributed by atoms with E-state index in [1.54, 1.807) is 6.92 Å². The van der Waals surface area contributed by atoms with E-state index < -0.39 is 11.6 Å². The number of halogens is 2. The fourth-order valence-corrected chi connectivity index (χ4v) is 1.67. The van der Waals surface area contributed by atoms with Crippen molar-refractivity contribution in [3.8, 4) is 6.07 Å². The number of nitrogens with two attached hydrogens (primary N) is 1. The Hall–Kier alpha value is -2.61. The molecule has 0 aliphatic heterocycles. The van der Waals surface area contributed by atoms with Crippen molar-refractivity contribution in [3.05, 3.63) is 53.1 Å². The topological polar surface area (TPSA) is 61.8 Å². The van der Waals surface area contributed by atoms with Gasteiger partial charge < -0.3 is 11.1 Å². The first-order valence-electron chi connectivity index (χ1n) is 5.53. The Morgan fingerprint density at radius 3 is 2.58 bits per heavy atom. The number of benzene rings is 2. The minimum Gasteiger partial charge on any atom is -0.397 e. The lowest BCUT2D eigenvalue weighted by Crippen LogP contribution is -2.00. The molecule has 0 aromatic heterocycles. The molecule has 3 nitrogen and oxygen atoms in total. The average molecular weight is 259 g/mol. The summed E-state index contributed by atoms with van der Waals surface area (Å²) in [6.45, 7) is 1.61. The number of hydrogen-bond donors (Lipinski definition) is 2. The molecule has 0 unspecified atom stereocenters. The highest BCUT2D eigenvalue weighted by Gasteiger charge is 2.08. The number of hydrogen-bond acceptors (Lipinski definition) is 3. The van der Waals surface area contributed by atoms with Gasteiger partial charge in [0, 0.05) is 0 Å². The summed E-state index contributed by atoms with van der Waals surface area (Å²) in [6.07, 6.45) is 0. The fourth-order valence-electron chi connectivity index (χ4n) is 1.67. The lowest BCUT2D eigenvalue weighted by atomic mass is 10.1. The van der Waals surface area contributed by atoms with E-state index in [1.807, 2.05) is 6.07 Å². The van der Waals surface area contributed by atoms with Gasteiger partial charge in [0.2, 0.25) is 0 Å². The van der Waals surface area contributed by atoms with Crippen molar-refractivity contribution in [3.63, 3.8) is 0 Å². The summed E-state index contributed by atoms with van der Waals surface area (Å²) in [5, 5.41) is 11.8. The first-order chi connectivity index (χ1) is 9.01. The number of nitrogens with zero attached hydrogens (tertiary/aromatic N) is 1. The molecule has 0 aliphatic carbocycles. The van der Waals surface area contributed by atoms with Crippen LogP contribution in [0.1, 0.15) is 11.1 Å². The number of rotatable bonds is 2. The Balaban J connectivity index is 2.42. The number of nitrogen functional groups attached to an aromatic ring is 1. The van der Waals surface area contributed by atoms with Gasteiger partial charge in [0.1, 0.15) is 17.7 Å². The molecule has 0 amide bonds. The first kappa shape index (κ1) is 12.8. The van der Waals surface area contributed by atoms with Gasteiger partial charge in [0.05, 0.1) is 22.6 Å². The molecule has 0 fully saturated rings. The second-order valence-electron chi connectivity index (χ2n) is 4.12. The van der Waals surface area contributed by atoms with Crippen LogP contribution in [0, 0.1) is 29.9 Å². The Bertz CT molecular complexity index is 675. The zero-order chi connectivity index (χ0) is 14.0. The van der Waals surface area contributed by atoms with Gasteiger partial charge in [-0.05, 0) is 42.8 Å². The summed E-state index contributed by atoms with van der Waals surface area (Å²) in [6, 6.07) is 8.41. The Labute approximate surface area is 109 Å². The largest absolute Gasteiger partial charge is 0.397 e. The molecular weight excluding hydrogens is 248 g/mol. The molecule has 0 bridgehead atoms. The van der Waals surface area contributed by atoms with Crippen LogP contribution in [0.15, 0.2) is 30.3 Å². The summed E-state index contributed by atoms with van der Waals surface area (Å²) < 4.78 is 26.3. The third-order valence-electron chi connectivity index (χ3n) is 2.70. The number of nitriles is 1. The SMILES string of the molecule is Cc1cc(Nc2ccc(F)cc2C#N)c(N)cc1F. The average Bonchev–Trinajstić information content (AvgIpc) is 2.37. The van der Waals surface area contributed by atoms with Crippen LogP contribution >= 0.6 is 0 Å². The summed E-state index contributed by atoms with van der Waals surface area (Å²) in [5.74, 6) is -0.895. The zero-order valence-electron chi connectivity index (χ0n) is 10.2.